The fourth-order valence-corrected chi connectivity index (χ4v) is 3.67. The van der Waals surface area contributed by atoms with Crippen LogP contribution in [0, 0.1) is 0 Å². The Bertz CT molecular complexity index is 710. The number of aliphatic imine (C=N–C) groups is 1. The molecule has 3 N–H and O–H groups in total. The molecular weight excluding hydrogens is 354 g/mol. The number of piperidine rings is 1. The molecule has 154 valence electrons. The summed E-state index contributed by atoms with van der Waals surface area (Å²) in [7, 11) is 0. The van der Waals surface area contributed by atoms with Crippen LogP contribution < -0.4 is 10.6 Å². The summed E-state index contributed by atoms with van der Waals surface area (Å²) in [6, 6.07) is 4.42. The lowest BCUT2D eigenvalue weighted by Crippen LogP contribution is -2.42. The van der Waals surface area contributed by atoms with Crippen molar-refractivity contribution in [2.75, 3.05) is 32.7 Å². The van der Waals surface area contributed by atoms with Gasteiger partial charge in [-0.1, -0.05) is 13.3 Å². The van der Waals surface area contributed by atoms with E-state index in [1.54, 1.807) is 6.26 Å². The molecule has 0 saturated carbocycles. The Balaban J connectivity index is 1.44. The first-order valence-electron chi connectivity index (χ1n) is 10.5. The predicted molar refractivity (Wildman–Crippen MR) is 111 cm³/mol. The smallest absolute Gasteiger partial charge is 0.216 e. The van der Waals surface area contributed by atoms with Gasteiger partial charge in [-0.3, -0.25) is 15.0 Å². The van der Waals surface area contributed by atoms with E-state index in [4.69, 9.17) is 9.41 Å². The second-order valence-electron chi connectivity index (χ2n) is 7.11. The van der Waals surface area contributed by atoms with E-state index >= 15 is 0 Å². The van der Waals surface area contributed by atoms with Gasteiger partial charge in [0.2, 0.25) is 5.82 Å². The maximum absolute atomic E-state index is 5.32. The summed E-state index contributed by atoms with van der Waals surface area (Å²) in [6.07, 6.45) is 7.61. The molecule has 0 amide bonds. The Morgan fingerprint density at radius 1 is 1.36 bits per heavy atom. The van der Waals surface area contributed by atoms with Gasteiger partial charge in [0.25, 0.3) is 0 Å². The Morgan fingerprint density at radius 3 is 3.07 bits per heavy atom. The number of aromatic nitrogens is 3. The number of guanidine groups is 1. The predicted octanol–water partition coefficient (Wildman–Crippen LogP) is 2.43. The summed E-state index contributed by atoms with van der Waals surface area (Å²) in [4.78, 5) is 11.8. The van der Waals surface area contributed by atoms with Crippen LogP contribution in [0.3, 0.4) is 0 Å². The number of H-pyrrole nitrogens is 1. The summed E-state index contributed by atoms with van der Waals surface area (Å²) in [5.74, 6) is 2.95. The molecule has 3 heterocycles. The molecule has 2 aromatic rings. The molecular formula is C20H33N7O. The van der Waals surface area contributed by atoms with Crippen LogP contribution in [0.4, 0.5) is 0 Å². The third-order valence-corrected chi connectivity index (χ3v) is 5.15. The Hall–Kier alpha value is -2.35. The van der Waals surface area contributed by atoms with E-state index in [-0.39, 0.29) is 0 Å². The van der Waals surface area contributed by atoms with Gasteiger partial charge in [0, 0.05) is 32.1 Å². The number of hydrogen-bond acceptors (Lipinski definition) is 5. The third-order valence-electron chi connectivity index (χ3n) is 5.15. The van der Waals surface area contributed by atoms with Crippen LogP contribution in [0.1, 0.15) is 45.4 Å². The molecule has 3 rings (SSSR count). The molecule has 1 fully saturated rings. The van der Waals surface area contributed by atoms with E-state index in [1.165, 1.54) is 32.2 Å². The quantitative estimate of drug-likeness (QED) is 0.452. The summed E-state index contributed by atoms with van der Waals surface area (Å²) in [5.41, 5.74) is 0. The van der Waals surface area contributed by atoms with E-state index in [9.17, 15) is 0 Å². The van der Waals surface area contributed by atoms with Crippen molar-refractivity contribution in [3.63, 3.8) is 0 Å². The van der Waals surface area contributed by atoms with E-state index in [1.807, 2.05) is 12.1 Å². The summed E-state index contributed by atoms with van der Waals surface area (Å²) in [5, 5.41) is 13.9. The van der Waals surface area contributed by atoms with Gasteiger partial charge in [-0.2, -0.15) is 5.10 Å². The fraction of sp³-hybridized carbons (Fsp3) is 0.650. The minimum atomic E-state index is 0.590. The Kier molecular flexibility index (Phi) is 7.90. The SMILES string of the molecule is CCNC(=NCCN1CCCCC1CC)NCCc1nc(-c2ccco2)n[nH]1. The van der Waals surface area contributed by atoms with Crippen molar-refractivity contribution < 1.29 is 4.42 Å². The van der Waals surface area contributed by atoms with Crippen molar-refractivity contribution in [3.8, 4) is 11.6 Å². The second kappa shape index (κ2) is 10.8. The zero-order valence-corrected chi connectivity index (χ0v) is 17.1. The van der Waals surface area contributed by atoms with Crippen molar-refractivity contribution in [1.29, 1.82) is 0 Å². The first-order chi connectivity index (χ1) is 13.8. The zero-order chi connectivity index (χ0) is 19.6. The highest BCUT2D eigenvalue weighted by Crippen LogP contribution is 2.18. The maximum Gasteiger partial charge on any atom is 0.216 e. The fourth-order valence-electron chi connectivity index (χ4n) is 3.67. The monoisotopic (exact) mass is 387 g/mol. The lowest BCUT2D eigenvalue weighted by molar-refractivity contribution is 0.148. The van der Waals surface area contributed by atoms with Gasteiger partial charge in [0.15, 0.2) is 11.7 Å². The van der Waals surface area contributed by atoms with Crippen LogP contribution in [0.15, 0.2) is 27.8 Å². The number of aromatic amines is 1. The molecule has 8 nitrogen and oxygen atoms in total. The van der Waals surface area contributed by atoms with Crippen LogP contribution in [0.5, 0.6) is 0 Å². The van der Waals surface area contributed by atoms with Crippen molar-refractivity contribution in [2.45, 2.75) is 52.0 Å². The van der Waals surface area contributed by atoms with Crippen molar-refractivity contribution in [2.24, 2.45) is 4.99 Å². The molecule has 2 aromatic heterocycles. The van der Waals surface area contributed by atoms with E-state index < -0.39 is 0 Å². The maximum atomic E-state index is 5.32. The van der Waals surface area contributed by atoms with Gasteiger partial charge in [-0.15, -0.1) is 0 Å². The highest BCUT2D eigenvalue weighted by molar-refractivity contribution is 5.79. The standard InChI is InChI=1S/C20H33N7O/c1-3-16-8-5-6-13-27(16)14-12-23-20(21-4-2)22-11-10-18-24-19(26-25-18)17-9-7-15-28-17/h7,9,15-16H,3-6,8,10-14H2,1-2H3,(H2,21,22,23)(H,24,25,26). The minimum Gasteiger partial charge on any atom is -0.461 e. The highest BCUT2D eigenvalue weighted by atomic mass is 16.3. The van der Waals surface area contributed by atoms with Crippen LogP contribution in [-0.2, 0) is 6.42 Å². The molecule has 0 aliphatic carbocycles. The summed E-state index contributed by atoms with van der Waals surface area (Å²) < 4.78 is 5.32. The average Bonchev–Trinajstić information content (AvgIpc) is 3.40. The van der Waals surface area contributed by atoms with Gasteiger partial charge >= 0.3 is 0 Å². The lowest BCUT2D eigenvalue weighted by atomic mass is 10.0. The molecule has 28 heavy (non-hydrogen) atoms. The van der Waals surface area contributed by atoms with E-state index in [2.05, 4.69) is 44.6 Å². The first-order valence-corrected chi connectivity index (χ1v) is 10.5. The molecule has 1 aliphatic rings. The molecule has 0 aromatic carbocycles. The molecule has 0 radical (unpaired) electrons. The second-order valence-corrected chi connectivity index (χ2v) is 7.11. The number of hydrogen-bond donors (Lipinski definition) is 3. The average molecular weight is 388 g/mol. The molecule has 1 unspecified atom stereocenters. The normalized spacial score (nSPS) is 18.4. The van der Waals surface area contributed by atoms with Crippen LogP contribution >= 0.6 is 0 Å². The Labute approximate surface area is 167 Å². The van der Waals surface area contributed by atoms with Crippen molar-refractivity contribution >= 4 is 5.96 Å². The molecule has 0 spiro atoms. The van der Waals surface area contributed by atoms with Crippen LogP contribution in [0.2, 0.25) is 0 Å². The van der Waals surface area contributed by atoms with Gasteiger partial charge < -0.3 is 15.1 Å². The molecule has 1 atom stereocenters. The number of nitrogens with zero attached hydrogens (tertiary/aromatic N) is 4. The third kappa shape index (κ3) is 5.82. The number of rotatable bonds is 9. The molecule has 1 aliphatic heterocycles. The van der Waals surface area contributed by atoms with Gasteiger partial charge in [-0.25, -0.2) is 4.98 Å². The number of nitrogens with one attached hydrogen (secondary N) is 3. The van der Waals surface area contributed by atoms with E-state index in [0.29, 0.717) is 11.6 Å². The first kappa shape index (κ1) is 20.4. The van der Waals surface area contributed by atoms with Gasteiger partial charge in [0.1, 0.15) is 5.82 Å². The largest absolute Gasteiger partial charge is 0.461 e. The van der Waals surface area contributed by atoms with Crippen LogP contribution in [-0.4, -0.2) is 64.8 Å². The number of furan rings is 1. The summed E-state index contributed by atoms with van der Waals surface area (Å²) in [6.45, 7) is 9.01. The van der Waals surface area contributed by atoms with Crippen molar-refractivity contribution in [3.05, 3.63) is 24.2 Å². The summed E-state index contributed by atoms with van der Waals surface area (Å²) >= 11 is 0. The van der Waals surface area contributed by atoms with Crippen molar-refractivity contribution in [1.82, 2.24) is 30.7 Å². The molecule has 0 bridgehead atoms. The molecule has 1 saturated heterocycles. The number of likely N-dealkylation sites (tertiary alicyclic amines) is 1. The van der Waals surface area contributed by atoms with Crippen LogP contribution in [0.25, 0.3) is 11.6 Å². The van der Waals surface area contributed by atoms with Gasteiger partial charge in [-0.05, 0) is 44.9 Å². The lowest BCUT2D eigenvalue weighted by Gasteiger charge is -2.34. The Morgan fingerprint density at radius 2 is 2.29 bits per heavy atom. The topological polar surface area (TPSA) is 94.4 Å². The molecule has 8 heteroatoms. The highest BCUT2D eigenvalue weighted by Gasteiger charge is 2.19. The van der Waals surface area contributed by atoms with E-state index in [0.717, 1.165) is 50.4 Å². The zero-order valence-electron chi connectivity index (χ0n) is 17.1. The minimum absolute atomic E-state index is 0.590. The van der Waals surface area contributed by atoms with Gasteiger partial charge in [0.05, 0.1) is 12.8 Å².